The molecule has 0 radical (unpaired) electrons. The van der Waals surface area contributed by atoms with Crippen LogP contribution in [0.15, 0.2) is 5.51 Å². The summed E-state index contributed by atoms with van der Waals surface area (Å²) in [5.41, 5.74) is 10.7. The molecule has 5 nitrogen and oxygen atoms in total. The average molecular weight is 265 g/mol. The molecule has 3 N–H and O–H groups in total. The molecular formula is C12H19N5S. The average Bonchev–Trinajstić information content (AvgIpc) is 2.82. The molecule has 0 aliphatic heterocycles. The topological polar surface area (TPSA) is 68.8 Å². The van der Waals surface area contributed by atoms with Crippen molar-refractivity contribution in [2.75, 3.05) is 11.1 Å². The number of thiazole rings is 1. The van der Waals surface area contributed by atoms with Crippen LogP contribution in [0.1, 0.15) is 36.0 Å². The molecule has 0 atom stereocenters. The molecule has 0 fully saturated rings. The zero-order chi connectivity index (χ0) is 13.3. The minimum Gasteiger partial charge on any atom is -0.394 e. The fraction of sp³-hybridized carbons (Fsp3) is 0.500. The lowest BCUT2D eigenvalue weighted by Gasteiger charge is -2.07. The number of aromatic nitrogens is 3. The van der Waals surface area contributed by atoms with Gasteiger partial charge in [-0.25, -0.2) is 4.98 Å². The highest BCUT2D eigenvalue weighted by atomic mass is 32.1. The number of nitrogens with zero attached hydrogens (tertiary/aromatic N) is 3. The molecule has 2 aromatic rings. The highest BCUT2D eigenvalue weighted by molar-refractivity contribution is 7.09. The second kappa shape index (κ2) is 4.97. The summed E-state index contributed by atoms with van der Waals surface area (Å²) in [7, 11) is 1.91. The number of nitrogens with one attached hydrogen (secondary N) is 1. The van der Waals surface area contributed by atoms with E-state index in [1.807, 2.05) is 19.5 Å². The molecule has 6 heteroatoms. The van der Waals surface area contributed by atoms with Gasteiger partial charge >= 0.3 is 0 Å². The molecule has 0 spiro atoms. The maximum Gasteiger partial charge on any atom is 0.148 e. The molecular weight excluding hydrogens is 246 g/mol. The Kier molecular flexibility index (Phi) is 3.56. The zero-order valence-corrected chi connectivity index (χ0v) is 12.0. The molecule has 2 heterocycles. The van der Waals surface area contributed by atoms with Crippen molar-refractivity contribution in [2.45, 2.75) is 33.2 Å². The Morgan fingerprint density at radius 1 is 1.50 bits per heavy atom. The van der Waals surface area contributed by atoms with Gasteiger partial charge in [0.15, 0.2) is 0 Å². The standard InChI is InChI=1S/C12H19N5S/c1-7(2)11-10(13)12(17(4)16-11)14-5-9-8(3)15-6-18-9/h6-7,14H,5,13H2,1-4H3. The summed E-state index contributed by atoms with van der Waals surface area (Å²) >= 11 is 1.65. The van der Waals surface area contributed by atoms with E-state index in [-0.39, 0.29) is 0 Å². The Hall–Kier alpha value is -1.56. The van der Waals surface area contributed by atoms with Crippen molar-refractivity contribution in [3.05, 3.63) is 21.8 Å². The van der Waals surface area contributed by atoms with E-state index >= 15 is 0 Å². The Morgan fingerprint density at radius 2 is 2.22 bits per heavy atom. The van der Waals surface area contributed by atoms with E-state index in [0.717, 1.165) is 29.4 Å². The molecule has 2 aromatic heterocycles. The van der Waals surface area contributed by atoms with Crippen LogP contribution in [-0.2, 0) is 13.6 Å². The summed E-state index contributed by atoms with van der Waals surface area (Å²) in [5.74, 6) is 1.21. The van der Waals surface area contributed by atoms with Crippen LogP contribution in [0.5, 0.6) is 0 Å². The van der Waals surface area contributed by atoms with Gasteiger partial charge in [0.05, 0.1) is 29.1 Å². The second-order valence-corrected chi connectivity index (χ2v) is 5.58. The number of rotatable bonds is 4. The van der Waals surface area contributed by atoms with Crippen molar-refractivity contribution in [1.82, 2.24) is 14.8 Å². The van der Waals surface area contributed by atoms with Gasteiger partial charge in [-0.15, -0.1) is 11.3 Å². The fourth-order valence-corrected chi connectivity index (χ4v) is 2.57. The van der Waals surface area contributed by atoms with E-state index in [1.54, 1.807) is 16.0 Å². The number of anilines is 2. The molecule has 0 unspecified atom stereocenters. The van der Waals surface area contributed by atoms with Gasteiger partial charge in [-0.2, -0.15) is 5.10 Å². The van der Waals surface area contributed by atoms with Gasteiger partial charge in [0, 0.05) is 11.9 Å². The minimum absolute atomic E-state index is 0.330. The number of aryl methyl sites for hydroxylation is 2. The van der Waals surface area contributed by atoms with E-state index < -0.39 is 0 Å². The molecule has 98 valence electrons. The third kappa shape index (κ3) is 2.33. The Balaban J connectivity index is 2.17. The summed E-state index contributed by atoms with van der Waals surface area (Å²) in [6.45, 7) is 6.93. The molecule has 0 amide bonds. The number of nitrogen functional groups attached to an aromatic ring is 1. The van der Waals surface area contributed by atoms with E-state index in [0.29, 0.717) is 5.92 Å². The lowest BCUT2D eigenvalue weighted by Crippen LogP contribution is -2.06. The van der Waals surface area contributed by atoms with Crippen molar-refractivity contribution in [3.63, 3.8) is 0 Å². The quantitative estimate of drug-likeness (QED) is 0.891. The lowest BCUT2D eigenvalue weighted by molar-refractivity contribution is 0.715. The van der Waals surface area contributed by atoms with Crippen molar-refractivity contribution < 1.29 is 0 Å². The highest BCUT2D eigenvalue weighted by Gasteiger charge is 2.15. The molecule has 18 heavy (non-hydrogen) atoms. The maximum absolute atomic E-state index is 6.12. The molecule has 0 aliphatic carbocycles. The first-order valence-corrected chi connectivity index (χ1v) is 6.83. The zero-order valence-electron chi connectivity index (χ0n) is 11.2. The SMILES string of the molecule is Cc1ncsc1CNc1c(N)c(C(C)C)nn1C. The van der Waals surface area contributed by atoms with Gasteiger partial charge in [-0.05, 0) is 12.8 Å². The van der Waals surface area contributed by atoms with E-state index in [1.165, 1.54) is 4.88 Å². The summed E-state index contributed by atoms with van der Waals surface area (Å²) in [5, 5.41) is 7.79. The van der Waals surface area contributed by atoms with Crippen LogP contribution in [0.4, 0.5) is 11.5 Å². The van der Waals surface area contributed by atoms with Gasteiger partial charge in [-0.3, -0.25) is 4.68 Å². The molecule has 0 saturated carbocycles. The third-order valence-corrected chi connectivity index (χ3v) is 3.86. The van der Waals surface area contributed by atoms with Crippen molar-refractivity contribution >= 4 is 22.8 Å². The molecule has 0 aliphatic rings. The molecule has 0 aromatic carbocycles. The van der Waals surface area contributed by atoms with Gasteiger partial charge in [0.25, 0.3) is 0 Å². The Bertz CT molecular complexity index is 541. The van der Waals surface area contributed by atoms with Crippen molar-refractivity contribution in [1.29, 1.82) is 0 Å². The second-order valence-electron chi connectivity index (χ2n) is 4.64. The Morgan fingerprint density at radius 3 is 2.72 bits per heavy atom. The highest BCUT2D eigenvalue weighted by Crippen LogP contribution is 2.28. The number of hydrogen-bond donors (Lipinski definition) is 2. The van der Waals surface area contributed by atoms with Gasteiger partial charge in [0.2, 0.25) is 0 Å². The van der Waals surface area contributed by atoms with Crippen LogP contribution in [0, 0.1) is 6.92 Å². The predicted molar refractivity (Wildman–Crippen MR) is 75.9 cm³/mol. The number of hydrogen-bond acceptors (Lipinski definition) is 5. The minimum atomic E-state index is 0.330. The number of nitrogens with two attached hydrogens (primary N) is 1. The van der Waals surface area contributed by atoms with Crippen LogP contribution < -0.4 is 11.1 Å². The van der Waals surface area contributed by atoms with Crippen LogP contribution in [-0.4, -0.2) is 14.8 Å². The van der Waals surface area contributed by atoms with Crippen LogP contribution >= 0.6 is 11.3 Å². The Labute approximate surface area is 111 Å². The molecule has 2 rings (SSSR count). The van der Waals surface area contributed by atoms with Gasteiger partial charge in [-0.1, -0.05) is 13.8 Å². The smallest absolute Gasteiger partial charge is 0.148 e. The van der Waals surface area contributed by atoms with Crippen LogP contribution in [0.2, 0.25) is 0 Å². The van der Waals surface area contributed by atoms with E-state index in [9.17, 15) is 0 Å². The predicted octanol–water partition coefficient (Wildman–Crippen LogP) is 2.50. The molecule has 0 bridgehead atoms. The van der Waals surface area contributed by atoms with Crippen LogP contribution in [0.25, 0.3) is 0 Å². The maximum atomic E-state index is 6.12. The van der Waals surface area contributed by atoms with Gasteiger partial charge < -0.3 is 11.1 Å². The molecule has 0 saturated heterocycles. The van der Waals surface area contributed by atoms with E-state index in [4.69, 9.17) is 5.73 Å². The van der Waals surface area contributed by atoms with Crippen molar-refractivity contribution in [3.8, 4) is 0 Å². The normalized spacial score (nSPS) is 11.2. The first kappa shape index (κ1) is 12.9. The van der Waals surface area contributed by atoms with E-state index in [2.05, 4.69) is 29.2 Å². The van der Waals surface area contributed by atoms with Crippen molar-refractivity contribution in [2.24, 2.45) is 7.05 Å². The lowest BCUT2D eigenvalue weighted by atomic mass is 10.1. The summed E-state index contributed by atoms with van der Waals surface area (Å²) in [4.78, 5) is 5.46. The van der Waals surface area contributed by atoms with Gasteiger partial charge in [0.1, 0.15) is 5.82 Å². The third-order valence-electron chi connectivity index (χ3n) is 2.92. The fourth-order valence-electron chi connectivity index (χ4n) is 1.86. The first-order valence-electron chi connectivity index (χ1n) is 5.96. The summed E-state index contributed by atoms with van der Waals surface area (Å²) in [6, 6.07) is 0. The first-order chi connectivity index (χ1) is 8.50. The largest absolute Gasteiger partial charge is 0.394 e. The summed E-state index contributed by atoms with van der Waals surface area (Å²) < 4.78 is 1.81. The van der Waals surface area contributed by atoms with Crippen LogP contribution in [0.3, 0.4) is 0 Å². The monoisotopic (exact) mass is 265 g/mol. The summed E-state index contributed by atoms with van der Waals surface area (Å²) in [6.07, 6.45) is 0.